The van der Waals surface area contributed by atoms with Crippen LogP contribution in [0.15, 0.2) is 94.9 Å². The summed E-state index contributed by atoms with van der Waals surface area (Å²) >= 11 is 12.1. The molecule has 0 bridgehead atoms. The van der Waals surface area contributed by atoms with Crippen LogP contribution in [0.5, 0.6) is 0 Å². The normalized spacial score (nSPS) is 15.6. The van der Waals surface area contributed by atoms with Crippen LogP contribution in [0.4, 0.5) is 11.4 Å². The van der Waals surface area contributed by atoms with E-state index < -0.39 is 0 Å². The van der Waals surface area contributed by atoms with E-state index in [1.807, 2.05) is 48.5 Å². The van der Waals surface area contributed by atoms with Gasteiger partial charge in [-0.05, 0) is 53.9 Å². The van der Waals surface area contributed by atoms with E-state index in [0.29, 0.717) is 10.0 Å². The van der Waals surface area contributed by atoms with Gasteiger partial charge in [-0.2, -0.15) is 0 Å². The largest absolute Gasteiger partial charge is 0.246 e. The third kappa shape index (κ3) is 3.01. The first-order valence-corrected chi connectivity index (χ1v) is 9.66. The van der Waals surface area contributed by atoms with Crippen molar-refractivity contribution in [1.82, 2.24) is 0 Å². The molecular weight excluding hydrogens is 387 g/mol. The summed E-state index contributed by atoms with van der Waals surface area (Å²) in [5.41, 5.74) is 5.60. The lowest BCUT2D eigenvalue weighted by atomic mass is 10.1. The van der Waals surface area contributed by atoms with Crippen LogP contribution in [0.3, 0.4) is 0 Å². The van der Waals surface area contributed by atoms with Crippen LogP contribution in [0.1, 0.15) is 11.1 Å². The van der Waals surface area contributed by atoms with Gasteiger partial charge in [0.25, 0.3) is 0 Å². The van der Waals surface area contributed by atoms with E-state index in [-0.39, 0.29) is 0 Å². The van der Waals surface area contributed by atoms with E-state index in [1.54, 1.807) is 0 Å². The van der Waals surface area contributed by atoms with Crippen molar-refractivity contribution in [1.29, 1.82) is 0 Å². The average molecular weight is 401 g/mol. The lowest BCUT2D eigenvalue weighted by molar-refractivity contribution is 1.50. The number of aliphatic imine (C=N–C) groups is 2. The number of halogens is 2. The second-order valence-corrected chi connectivity index (χ2v) is 7.46. The Kier molecular flexibility index (Phi) is 4.23. The maximum absolute atomic E-state index is 6.03. The van der Waals surface area contributed by atoms with Crippen molar-refractivity contribution in [2.24, 2.45) is 9.98 Å². The molecule has 0 heterocycles. The minimum Gasteiger partial charge on any atom is -0.246 e. The van der Waals surface area contributed by atoms with Gasteiger partial charge in [0.2, 0.25) is 0 Å². The highest BCUT2D eigenvalue weighted by Crippen LogP contribution is 2.34. The van der Waals surface area contributed by atoms with Gasteiger partial charge in [-0.1, -0.05) is 59.6 Å². The van der Waals surface area contributed by atoms with Crippen molar-refractivity contribution in [2.75, 3.05) is 0 Å². The molecule has 0 N–H and O–H groups in total. The molecular formula is C24H14Cl2N2. The first kappa shape index (κ1) is 17.2. The Morgan fingerprint density at radius 2 is 0.929 bits per heavy atom. The Balaban J connectivity index is 1.76. The molecule has 0 saturated carbocycles. The Morgan fingerprint density at radius 1 is 0.500 bits per heavy atom. The van der Waals surface area contributed by atoms with Crippen LogP contribution >= 0.6 is 23.2 Å². The Bertz CT molecular complexity index is 1160. The average Bonchev–Trinajstić information content (AvgIpc) is 3.01. The van der Waals surface area contributed by atoms with Crippen molar-refractivity contribution in [2.45, 2.75) is 0 Å². The maximum Gasteiger partial charge on any atom is 0.0978 e. The lowest BCUT2D eigenvalue weighted by Crippen LogP contribution is -2.10. The standard InChI is InChI=1S/C24H14Cl2N2/c25-16-7-11-18(12-8-16)27-23-20-5-1-3-15-4-2-6-21(22(15)20)24(23)28-19-13-9-17(26)10-14-19/h1-14H. The smallest absolute Gasteiger partial charge is 0.0978 e. The third-order valence-electron chi connectivity index (χ3n) is 4.77. The molecule has 0 saturated heterocycles. The highest BCUT2D eigenvalue weighted by molar-refractivity contribution is 6.61. The summed E-state index contributed by atoms with van der Waals surface area (Å²) in [5.74, 6) is 0. The summed E-state index contributed by atoms with van der Waals surface area (Å²) in [6.45, 7) is 0. The van der Waals surface area contributed by atoms with Crippen LogP contribution in [0.25, 0.3) is 10.8 Å². The van der Waals surface area contributed by atoms with E-state index in [0.717, 1.165) is 33.9 Å². The fourth-order valence-corrected chi connectivity index (χ4v) is 3.76. The lowest BCUT2D eigenvalue weighted by Gasteiger charge is -2.04. The summed E-state index contributed by atoms with van der Waals surface area (Å²) in [6, 6.07) is 27.6. The molecule has 0 spiro atoms. The zero-order valence-electron chi connectivity index (χ0n) is 14.7. The van der Waals surface area contributed by atoms with Gasteiger partial charge in [-0.25, -0.2) is 9.98 Å². The van der Waals surface area contributed by atoms with Gasteiger partial charge in [0, 0.05) is 26.6 Å². The van der Waals surface area contributed by atoms with E-state index in [9.17, 15) is 0 Å². The van der Waals surface area contributed by atoms with Crippen molar-refractivity contribution in [3.8, 4) is 0 Å². The molecule has 4 aromatic carbocycles. The van der Waals surface area contributed by atoms with E-state index in [2.05, 4.69) is 36.4 Å². The number of rotatable bonds is 2. The van der Waals surface area contributed by atoms with Gasteiger partial charge >= 0.3 is 0 Å². The van der Waals surface area contributed by atoms with Gasteiger partial charge in [-0.3, -0.25) is 0 Å². The molecule has 0 aromatic heterocycles. The van der Waals surface area contributed by atoms with Crippen LogP contribution in [-0.2, 0) is 0 Å². The molecule has 134 valence electrons. The predicted octanol–water partition coefficient (Wildman–Crippen LogP) is 7.40. The third-order valence-corrected chi connectivity index (χ3v) is 5.28. The van der Waals surface area contributed by atoms with Gasteiger partial charge in [0.05, 0.1) is 22.8 Å². The minimum absolute atomic E-state index is 0.691. The van der Waals surface area contributed by atoms with E-state index >= 15 is 0 Å². The summed E-state index contributed by atoms with van der Waals surface area (Å²) in [6.07, 6.45) is 0. The minimum atomic E-state index is 0.691. The Hall–Kier alpha value is -2.94. The summed E-state index contributed by atoms with van der Waals surface area (Å²) < 4.78 is 0. The van der Waals surface area contributed by atoms with Crippen LogP contribution in [0.2, 0.25) is 10.0 Å². The van der Waals surface area contributed by atoms with E-state index in [1.165, 1.54) is 10.8 Å². The molecule has 0 amide bonds. The second-order valence-electron chi connectivity index (χ2n) is 6.58. The molecule has 2 nitrogen and oxygen atoms in total. The van der Waals surface area contributed by atoms with Crippen LogP contribution in [-0.4, -0.2) is 11.4 Å². The number of benzene rings is 4. The van der Waals surface area contributed by atoms with Crippen molar-refractivity contribution in [3.05, 3.63) is 106 Å². The molecule has 0 atom stereocenters. The molecule has 0 fully saturated rings. The predicted molar refractivity (Wildman–Crippen MR) is 119 cm³/mol. The fraction of sp³-hybridized carbons (Fsp3) is 0. The SMILES string of the molecule is Clc1ccc(N=C2C(=Nc3ccc(Cl)cc3)c3cccc4cccc2c34)cc1. The first-order chi connectivity index (χ1) is 13.7. The molecule has 0 radical (unpaired) electrons. The summed E-state index contributed by atoms with van der Waals surface area (Å²) in [4.78, 5) is 9.87. The monoisotopic (exact) mass is 400 g/mol. The fourth-order valence-electron chi connectivity index (χ4n) is 3.51. The van der Waals surface area contributed by atoms with Gasteiger partial charge in [0.15, 0.2) is 0 Å². The topological polar surface area (TPSA) is 24.7 Å². The molecule has 28 heavy (non-hydrogen) atoms. The van der Waals surface area contributed by atoms with Crippen molar-refractivity contribution >= 4 is 56.8 Å². The maximum atomic E-state index is 6.03. The molecule has 0 unspecified atom stereocenters. The Morgan fingerprint density at radius 3 is 1.36 bits per heavy atom. The van der Waals surface area contributed by atoms with Crippen LogP contribution in [0, 0.1) is 0 Å². The molecule has 4 aromatic rings. The van der Waals surface area contributed by atoms with Gasteiger partial charge in [-0.15, -0.1) is 0 Å². The van der Waals surface area contributed by atoms with Gasteiger partial charge in [0.1, 0.15) is 0 Å². The number of nitrogens with zero attached hydrogens (tertiary/aromatic N) is 2. The highest BCUT2D eigenvalue weighted by atomic mass is 35.5. The van der Waals surface area contributed by atoms with Gasteiger partial charge < -0.3 is 0 Å². The zero-order chi connectivity index (χ0) is 19.1. The molecule has 5 rings (SSSR count). The van der Waals surface area contributed by atoms with E-state index in [4.69, 9.17) is 33.2 Å². The summed E-state index contributed by atoms with van der Waals surface area (Å²) in [5, 5.41) is 3.75. The molecule has 1 aliphatic rings. The number of hydrogen-bond donors (Lipinski definition) is 0. The quantitative estimate of drug-likeness (QED) is 0.334. The molecule has 1 aliphatic carbocycles. The first-order valence-electron chi connectivity index (χ1n) is 8.90. The van der Waals surface area contributed by atoms with Crippen molar-refractivity contribution in [3.63, 3.8) is 0 Å². The van der Waals surface area contributed by atoms with Crippen molar-refractivity contribution < 1.29 is 0 Å². The molecule has 4 heteroatoms. The van der Waals surface area contributed by atoms with Crippen LogP contribution < -0.4 is 0 Å². The Labute approximate surface area is 172 Å². The second kappa shape index (κ2) is 6.90. The summed E-state index contributed by atoms with van der Waals surface area (Å²) in [7, 11) is 0. The highest BCUT2D eigenvalue weighted by Gasteiger charge is 2.27. The number of hydrogen-bond acceptors (Lipinski definition) is 2. The zero-order valence-corrected chi connectivity index (χ0v) is 16.2. The molecule has 0 aliphatic heterocycles.